The van der Waals surface area contributed by atoms with Gasteiger partial charge in [0, 0.05) is 36.8 Å². The summed E-state index contributed by atoms with van der Waals surface area (Å²) in [6.07, 6.45) is 5.43. The van der Waals surface area contributed by atoms with Crippen LogP contribution in [0.2, 0.25) is 0 Å². The molecule has 1 aromatic carbocycles. The highest BCUT2D eigenvalue weighted by atomic mass is 16.5. The third kappa shape index (κ3) is 3.62. The highest BCUT2D eigenvalue weighted by molar-refractivity contribution is 6.06. The number of nitrogens with zero attached hydrogens (tertiary/aromatic N) is 3. The van der Waals surface area contributed by atoms with Crippen LogP contribution in [0, 0.1) is 0 Å². The van der Waals surface area contributed by atoms with Gasteiger partial charge in [-0.25, -0.2) is 9.97 Å². The van der Waals surface area contributed by atoms with Gasteiger partial charge in [-0.2, -0.15) is 0 Å². The standard InChI is InChI=1S/C21H20N6O3/c22-20-19-21(28)27-17-9-23-5-4-18(17)30-15-7-13(24-8-15)11-29-14-3-1-2-12(6-14)16(26-19)10-25-20/h1-6,9-10,13,15,24H,7-8,11H2,(H2,22,25)(H,27,28)/t13?,15-/m1/s1. The van der Waals surface area contributed by atoms with Crippen molar-refractivity contribution in [1.29, 1.82) is 0 Å². The minimum Gasteiger partial charge on any atom is -0.492 e. The maximum Gasteiger partial charge on any atom is 0.278 e. The molecule has 2 aliphatic rings. The van der Waals surface area contributed by atoms with Gasteiger partial charge in [-0.05, 0) is 12.1 Å². The molecule has 1 saturated heterocycles. The first-order chi connectivity index (χ1) is 14.7. The number of fused-ring (bicyclic) bond motifs is 8. The molecular formula is C21H20N6O3. The van der Waals surface area contributed by atoms with Gasteiger partial charge < -0.3 is 25.8 Å². The third-order valence-electron chi connectivity index (χ3n) is 5.10. The molecule has 0 radical (unpaired) electrons. The Balaban J connectivity index is 1.57. The fourth-order valence-electron chi connectivity index (χ4n) is 3.58. The summed E-state index contributed by atoms with van der Waals surface area (Å²) in [6.45, 7) is 1.20. The molecule has 0 aliphatic carbocycles. The zero-order valence-corrected chi connectivity index (χ0v) is 16.0. The summed E-state index contributed by atoms with van der Waals surface area (Å²) < 4.78 is 12.1. The van der Waals surface area contributed by atoms with Crippen LogP contribution in [-0.4, -0.2) is 46.2 Å². The van der Waals surface area contributed by atoms with Gasteiger partial charge in [0.25, 0.3) is 5.91 Å². The summed E-state index contributed by atoms with van der Waals surface area (Å²) in [5.41, 5.74) is 7.72. The predicted molar refractivity (Wildman–Crippen MR) is 110 cm³/mol. The zero-order chi connectivity index (χ0) is 20.5. The fraction of sp³-hybridized carbons (Fsp3) is 0.238. The van der Waals surface area contributed by atoms with Crippen LogP contribution in [0.25, 0.3) is 11.3 Å². The van der Waals surface area contributed by atoms with E-state index in [4.69, 9.17) is 15.2 Å². The topological polar surface area (TPSA) is 124 Å². The van der Waals surface area contributed by atoms with Gasteiger partial charge in [0.2, 0.25) is 0 Å². The van der Waals surface area contributed by atoms with Gasteiger partial charge in [0.05, 0.1) is 18.1 Å². The van der Waals surface area contributed by atoms with E-state index in [-0.39, 0.29) is 23.7 Å². The minimum absolute atomic E-state index is 0.0308. The molecule has 4 heterocycles. The van der Waals surface area contributed by atoms with Gasteiger partial charge in [-0.3, -0.25) is 9.78 Å². The normalized spacial score (nSPS) is 20.5. The Labute approximate surface area is 172 Å². The highest BCUT2D eigenvalue weighted by Gasteiger charge is 2.27. The van der Waals surface area contributed by atoms with Crippen molar-refractivity contribution in [1.82, 2.24) is 20.3 Å². The number of rotatable bonds is 0. The smallest absolute Gasteiger partial charge is 0.278 e. The number of benzene rings is 1. The molecule has 4 N–H and O–H groups in total. The maximum absolute atomic E-state index is 12.9. The van der Waals surface area contributed by atoms with Gasteiger partial charge in [-0.15, -0.1) is 0 Å². The highest BCUT2D eigenvalue weighted by Crippen LogP contribution is 2.28. The molecule has 152 valence electrons. The Morgan fingerprint density at radius 2 is 2.13 bits per heavy atom. The van der Waals surface area contributed by atoms with Crippen molar-refractivity contribution in [3.63, 3.8) is 0 Å². The molecular weight excluding hydrogens is 384 g/mol. The second-order valence-electron chi connectivity index (χ2n) is 7.23. The van der Waals surface area contributed by atoms with Crippen LogP contribution in [0.4, 0.5) is 11.5 Å². The Hall–Kier alpha value is -3.72. The summed E-state index contributed by atoms with van der Waals surface area (Å²) in [4.78, 5) is 25.6. The largest absolute Gasteiger partial charge is 0.492 e. The van der Waals surface area contributed by atoms with Crippen LogP contribution >= 0.6 is 0 Å². The van der Waals surface area contributed by atoms with Crippen LogP contribution in [0.5, 0.6) is 11.5 Å². The number of nitrogens with one attached hydrogen (secondary N) is 2. The van der Waals surface area contributed by atoms with Crippen LogP contribution < -0.4 is 25.8 Å². The zero-order valence-electron chi connectivity index (χ0n) is 16.0. The molecule has 0 spiro atoms. The van der Waals surface area contributed by atoms with E-state index in [1.807, 2.05) is 24.3 Å². The van der Waals surface area contributed by atoms with Crippen LogP contribution in [0.3, 0.4) is 0 Å². The maximum atomic E-state index is 12.9. The molecule has 0 saturated carbocycles. The molecule has 6 bridgehead atoms. The summed E-state index contributed by atoms with van der Waals surface area (Å²) in [5.74, 6) is 0.805. The van der Waals surface area contributed by atoms with Crippen molar-refractivity contribution in [2.24, 2.45) is 0 Å². The van der Waals surface area contributed by atoms with Crippen molar-refractivity contribution in [2.75, 3.05) is 24.2 Å². The number of nitrogens with two attached hydrogens (primary N) is 1. The summed E-state index contributed by atoms with van der Waals surface area (Å²) >= 11 is 0. The minimum atomic E-state index is -0.485. The first kappa shape index (κ1) is 18.3. The Kier molecular flexibility index (Phi) is 4.64. The van der Waals surface area contributed by atoms with Gasteiger partial charge >= 0.3 is 0 Å². The lowest BCUT2D eigenvalue weighted by Gasteiger charge is -2.17. The fourth-order valence-corrected chi connectivity index (χ4v) is 3.58. The molecule has 9 nitrogen and oxygen atoms in total. The average Bonchev–Trinajstić information content (AvgIpc) is 3.21. The lowest BCUT2D eigenvalue weighted by atomic mass is 10.1. The van der Waals surface area contributed by atoms with Crippen molar-refractivity contribution in [3.05, 3.63) is 54.6 Å². The Morgan fingerprint density at radius 1 is 1.20 bits per heavy atom. The summed E-state index contributed by atoms with van der Waals surface area (Å²) in [6, 6.07) is 9.40. The molecule has 2 aromatic heterocycles. The summed E-state index contributed by atoms with van der Waals surface area (Å²) in [5, 5.41) is 6.22. The first-order valence-corrected chi connectivity index (χ1v) is 9.67. The summed E-state index contributed by atoms with van der Waals surface area (Å²) in [7, 11) is 0. The first-order valence-electron chi connectivity index (χ1n) is 9.67. The van der Waals surface area contributed by atoms with Crippen molar-refractivity contribution >= 4 is 17.4 Å². The number of hydrogen-bond acceptors (Lipinski definition) is 8. The predicted octanol–water partition coefficient (Wildman–Crippen LogP) is 1.87. The van der Waals surface area contributed by atoms with E-state index in [2.05, 4.69) is 25.6 Å². The Morgan fingerprint density at radius 3 is 3.07 bits per heavy atom. The average molecular weight is 404 g/mol. The Bertz CT molecular complexity index is 1110. The van der Waals surface area contributed by atoms with E-state index in [1.165, 1.54) is 12.4 Å². The lowest BCUT2D eigenvalue weighted by Crippen LogP contribution is -2.28. The van der Waals surface area contributed by atoms with E-state index < -0.39 is 5.91 Å². The molecule has 2 aliphatic heterocycles. The number of amides is 1. The molecule has 1 fully saturated rings. The van der Waals surface area contributed by atoms with Crippen LogP contribution in [0.15, 0.2) is 48.9 Å². The van der Waals surface area contributed by atoms with Gasteiger partial charge in [0.1, 0.15) is 29.9 Å². The van der Waals surface area contributed by atoms with E-state index in [9.17, 15) is 4.79 Å². The molecule has 30 heavy (non-hydrogen) atoms. The van der Waals surface area contributed by atoms with E-state index in [0.29, 0.717) is 36.0 Å². The van der Waals surface area contributed by atoms with Crippen LogP contribution in [0.1, 0.15) is 16.9 Å². The number of anilines is 2. The molecule has 1 unspecified atom stereocenters. The monoisotopic (exact) mass is 404 g/mol. The number of hydrogen-bond donors (Lipinski definition) is 3. The molecule has 2 atom stereocenters. The van der Waals surface area contributed by atoms with Crippen LogP contribution in [-0.2, 0) is 0 Å². The van der Waals surface area contributed by atoms with Gasteiger partial charge in [0.15, 0.2) is 11.5 Å². The lowest BCUT2D eigenvalue weighted by molar-refractivity contribution is 0.102. The van der Waals surface area contributed by atoms with Crippen molar-refractivity contribution in [2.45, 2.75) is 18.6 Å². The van der Waals surface area contributed by atoms with E-state index >= 15 is 0 Å². The van der Waals surface area contributed by atoms with Crippen molar-refractivity contribution < 1.29 is 14.3 Å². The quantitative estimate of drug-likeness (QED) is 0.519. The number of nitrogen functional groups attached to an aromatic ring is 1. The second kappa shape index (κ2) is 7.60. The van der Waals surface area contributed by atoms with Crippen molar-refractivity contribution in [3.8, 4) is 22.8 Å². The van der Waals surface area contributed by atoms with E-state index in [1.54, 1.807) is 12.3 Å². The SMILES string of the molecule is Nc1ncc2nc1C(=O)Nc1cnccc1O[C@H]1CNC(COc3cccc-2c3)C1. The molecule has 3 aromatic rings. The number of carbonyl (C=O) groups excluding carboxylic acids is 1. The number of ether oxygens (including phenoxy) is 2. The number of carbonyl (C=O) groups is 1. The third-order valence-corrected chi connectivity index (χ3v) is 5.10. The molecule has 5 rings (SSSR count). The number of aromatic nitrogens is 3. The molecule has 9 heteroatoms. The second-order valence-corrected chi connectivity index (χ2v) is 7.23. The molecule has 1 amide bonds. The van der Waals surface area contributed by atoms with E-state index in [0.717, 1.165) is 12.0 Å². The van der Waals surface area contributed by atoms with Gasteiger partial charge in [-0.1, -0.05) is 12.1 Å². The number of pyridine rings is 1.